The summed E-state index contributed by atoms with van der Waals surface area (Å²) in [5, 5.41) is 5.93. The van der Waals surface area contributed by atoms with Crippen molar-refractivity contribution in [3.05, 3.63) is 24.3 Å². The lowest BCUT2D eigenvalue weighted by atomic mass is 9.97. The lowest BCUT2D eigenvalue weighted by molar-refractivity contribution is -0.139. The monoisotopic (exact) mass is 355 g/mol. The van der Waals surface area contributed by atoms with E-state index in [4.69, 9.17) is 0 Å². The molecule has 0 radical (unpaired) electrons. The molecule has 1 amide bonds. The number of amides is 1. The second-order valence-electron chi connectivity index (χ2n) is 5.44. The molecule has 0 bridgehead atoms. The highest BCUT2D eigenvalue weighted by atomic mass is 32.2. The number of piperidine rings is 1. The number of carbonyl (C=O) groups is 2. The van der Waals surface area contributed by atoms with Gasteiger partial charge in [0.05, 0.1) is 12.0 Å². The number of hydrogen-bond acceptors (Lipinski definition) is 6. The lowest BCUT2D eigenvalue weighted by Gasteiger charge is -2.21. The highest BCUT2D eigenvalue weighted by molar-refractivity contribution is 7.89. The van der Waals surface area contributed by atoms with E-state index in [1.54, 1.807) is 6.07 Å². The van der Waals surface area contributed by atoms with Crippen molar-refractivity contribution >= 4 is 27.6 Å². The van der Waals surface area contributed by atoms with E-state index in [-0.39, 0.29) is 16.7 Å². The third kappa shape index (κ3) is 5.02. The van der Waals surface area contributed by atoms with Gasteiger partial charge in [-0.3, -0.25) is 9.59 Å². The van der Waals surface area contributed by atoms with Crippen LogP contribution in [0.3, 0.4) is 0 Å². The van der Waals surface area contributed by atoms with E-state index in [0.29, 0.717) is 5.69 Å². The van der Waals surface area contributed by atoms with Crippen molar-refractivity contribution in [2.75, 3.05) is 32.1 Å². The molecular weight excluding hydrogens is 334 g/mol. The van der Waals surface area contributed by atoms with Crippen LogP contribution in [0.5, 0.6) is 0 Å². The number of methoxy groups -OCH3 is 1. The Hall–Kier alpha value is -1.97. The van der Waals surface area contributed by atoms with Crippen LogP contribution in [0.25, 0.3) is 0 Å². The van der Waals surface area contributed by atoms with Crippen molar-refractivity contribution in [1.29, 1.82) is 0 Å². The molecule has 0 aromatic heterocycles. The topological polar surface area (TPSA) is 114 Å². The summed E-state index contributed by atoms with van der Waals surface area (Å²) < 4.78 is 30.8. The van der Waals surface area contributed by atoms with E-state index < -0.39 is 22.5 Å². The molecule has 0 saturated carbocycles. The Labute approximate surface area is 141 Å². The number of esters is 1. The smallest absolute Gasteiger partial charge is 0.320 e. The fraction of sp³-hybridized carbons (Fsp3) is 0.467. The Bertz CT molecular complexity index is 699. The summed E-state index contributed by atoms with van der Waals surface area (Å²) in [6.07, 6.45) is 1.51. The molecule has 24 heavy (non-hydrogen) atoms. The Kier molecular flexibility index (Phi) is 6.29. The van der Waals surface area contributed by atoms with Gasteiger partial charge in [0.1, 0.15) is 6.54 Å². The van der Waals surface area contributed by atoms with Crippen LogP contribution in [-0.2, 0) is 24.3 Å². The molecule has 1 aromatic carbocycles. The molecule has 2 rings (SSSR count). The van der Waals surface area contributed by atoms with Gasteiger partial charge in [0.15, 0.2) is 0 Å². The molecule has 1 fully saturated rings. The van der Waals surface area contributed by atoms with E-state index in [1.165, 1.54) is 25.3 Å². The van der Waals surface area contributed by atoms with E-state index in [9.17, 15) is 18.0 Å². The molecule has 0 aliphatic carbocycles. The van der Waals surface area contributed by atoms with Gasteiger partial charge in [-0.25, -0.2) is 8.42 Å². The number of anilines is 1. The van der Waals surface area contributed by atoms with Crippen LogP contribution in [0.4, 0.5) is 5.69 Å². The van der Waals surface area contributed by atoms with Gasteiger partial charge in [-0.05, 0) is 44.1 Å². The second-order valence-corrected chi connectivity index (χ2v) is 7.21. The van der Waals surface area contributed by atoms with Crippen LogP contribution in [0, 0.1) is 5.92 Å². The second kappa shape index (κ2) is 8.22. The zero-order valence-electron chi connectivity index (χ0n) is 13.4. The lowest BCUT2D eigenvalue weighted by Crippen LogP contribution is -2.34. The minimum Gasteiger partial charge on any atom is -0.468 e. The van der Waals surface area contributed by atoms with Gasteiger partial charge in [0, 0.05) is 11.6 Å². The Morgan fingerprint density at radius 2 is 2.00 bits per heavy atom. The molecule has 9 heteroatoms. The first-order valence-electron chi connectivity index (χ1n) is 7.60. The zero-order chi connectivity index (χ0) is 17.6. The van der Waals surface area contributed by atoms with Crippen molar-refractivity contribution in [1.82, 2.24) is 10.0 Å². The average Bonchev–Trinajstić information content (AvgIpc) is 2.60. The van der Waals surface area contributed by atoms with Crippen LogP contribution in [0.1, 0.15) is 12.8 Å². The first-order valence-corrected chi connectivity index (χ1v) is 9.09. The molecule has 0 spiro atoms. The van der Waals surface area contributed by atoms with E-state index in [0.717, 1.165) is 25.9 Å². The normalized spacial score (nSPS) is 15.7. The van der Waals surface area contributed by atoms with Crippen molar-refractivity contribution in [2.24, 2.45) is 5.92 Å². The van der Waals surface area contributed by atoms with Gasteiger partial charge >= 0.3 is 5.97 Å². The highest BCUT2D eigenvalue weighted by Gasteiger charge is 2.22. The number of sulfonamides is 1. The van der Waals surface area contributed by atoms with Gasteiger partial charge in [0.2, 0.25) is 15.9 Å². The van der Waals surface area contributed by atoms with Crippen molar-refractivity contribution in [3.63, 3.8) is 0 Å². The maximum Gasteiger partial charge on any atom is 0.320 e. The van der Waals surface area contributed by atoms with Crippen molar-refractivity contribution in [2.45, 2.75) is 17.7 Å². The van der Waals surface area contributed by atoms with Crippen LogP contribution in [0.2, 0.25) is 0 Å². The highest BCUT2D eigenvalue weighted by Crippen LogP contribution is 2.18. The molecule has 1 heterocycles. The zero-order valence-corrected chi connectivity index (χ0v) is 14.2. The predicted octanol–water partition coefficient (Wildman–Crippen LogP) is 0.0760. The number of carbonyl (C=O) groups excluding carboxylic acids is 2. The molecule has 8 nitrogen and oxygen atoms in total. The maximum absolute atomic E-state index is 12.2. The minimum atomic E-state index is -3.86. The minimum absolute atomic E-state index is 0.0329. The van der Waals surface area contributed by atoms with Crippen molar-refractivity contribution < 1.29 is 22.7 Å². The third-order valence-corrected chi connectivity index (χ3v) is 5.15. The summed E-state index contributed by atoms with van der Waals surface area (Å²) in [7, 11) is -2.69. The molecule has 1 saturated heterocycles. The van der Waals surface area contributed by atoms with Crippen LogP contribution < -0.4 is 15.4 Å². The summed E-state index contributed by atoms with van der Waals surface area (Å²) in [5.74, 6) is -0.883. The standard InChI is InChI=1S/C15H21N3O5S/c1-23-14(19)10-17-24(21,22)13-4-2-3-12(9-13)18-15(20)11-5-7-16-8-6-11/h2-4,9,11,16-17H,5-8,10H2,1H3,(H,18,20). The quantitative estimate of drug-likeness (QED) is 0.623. The summed E-state index contributed by atoms with van der Waals surface area (Å²) >= 11 is 0. The van der Waals surface area contributed by atoms with Gasteiger partial charge in [-0.15, -0.1) is 0 Å². The number of hydrogen-bond donors (Lipinski definition) is 3. The Morgan fingerprint density at radius 3 is 2.67 bits per heavy atom. The molecule has 0 unspecified atom stereocenters. The number of benzene rings is 1. The van der Waals surface area contributed by atoms with Gasteiger partial charge in [-0.2, -0.15) is 4.72 Å². The maximum atomic E-state index is 12.2. The van der Waals surface area contributed by atoms with Crippen LogP contribution in [0.15, 0.2) is 29.2 Å². The average molecular weight is 355 g/mol. The SMILES string of the molecule is COC(=O)CNS(=O)(=O)c1cccc(NC(=O)C2CCNCC2)c1. The predicted molar refractivity (Wildman–Crippen MR) is 87.9 cm³/mol. The first-order chi connectivity index (χ1) is 11.4. The Balaban J connectivity index is 2.04. The number of nitrogens with one attached hydrogen (secondary N) is 3. The summed E-state index contributed by atoms with van der Waals surface area (Å²) in [6, 6.07) is 5.90. The van der Waals surface area contributed by atoms with Crippen LogP contribution in [-0.4, -0.2) is 47.0 Å². The largest absolute Gasteiger partial charge is 0.468 e. The summed E-state index contributed by atoms with van der Waals surface area (Å²) in [4.78, 5) is 23.3. The fourth-order valence-electron chi connectivity index (χ4n) is 2.38. The van der Waals surface area contributed by atoms with E-state index >= 15 is 0 Å². The fourth-order valence-corrected chi connectivity index (χ4v) is 3.39. The first kappa shape index (κ1) is 18.4. The molecule has 1 aliphatic heterocycles. The summed E-state index contributed by atoms with van der Waals surface area (Å²) in [5.41, 5.74) is 0.402. The molecule has 0 atom stereocenters. The van der Waals surface area contributed by atoms with Gasteiger partial charge in [0.25, 0.3) is 0 Å². The van der Waals surface area contributed by atoms with Gasteiger partial charge in [-0.1, -0.05) is 6.07 Å². The molecular formula is C15H21N3O5S. The van der Waals surface area contributed by atoms with Gasteiger partial charge < -0.3 is 15.4 Å². The molecule has 1 aliphatic rings. The number of ether oxygens (including phenoxy) is 1. The third-order valence-electron chi connectivity index (χ3n) is 3.76. The van der Waals surface area contributed by atoms with Crippen molar-refractivity contribution in [3.8, 4) is 0 Å². The molecule has 132 valence electrons. The number of rotatable bonds is 6. The van der Waals surface area contributed by atoms with Crippen LogP contribution >= 0.6 is 0 Å². The molecule has 3 N–H and O–H groups in total. The van der Waals surface area contributed by atoms with E-state index in [1.807, 2.05) is 0 Å². The Morgan fingerprint density at radius 1 is 1.29 bits per heavy atom. The summed E-state index contributed by atoms with van der Waals surface area (Å²) in [6.45, 7) is 1.14. The van der Waals surface area contributed by atoms with E-state index in [2.05, 4.69) is 20.1 Å². The molecule has 1 aromatic rings.